The predicted octanol–water partition coefficient (Wildman–Crippen LogP) is 2.17. The summed E-state index contributed by atoms with van der Waals surface area (Å²) >= 11 is 0. The smallest absolute Gasteiger partial charge is 0.254 e. The van der Waals surface area contributed by atoms with Crippen molar-refractivity contribution in [3.63, 3.8) is 0 Å². The van der Waals surface area contributed by atoms with E-state index in [0.717, 1.165) is 11.3 Å². The maximum atomic E-state index is 12.2. The summed E-state index contributed by atoms with van der Waals surface area (Å²) in [5, 5.41) is 0. The molecule has 1 heterocycles. The molecule has 1 aromatic carbocycles. The van der Waals surface area contributed by atoms with Crippen LogP contribution in [0.3, 0.4) is 0 Å². The Morgan fingerprint density at radius 1 is 1.28 bits per heavy atom. The molecule has 2 aromatic rings. The molecule has 0 aliphatic rings. The third-order valence-electron chi connectivity index (χ3n) is 4.04. The fraction of sp³-hybridized carbons (Fsp3) is 0.421. The summed E-state index contributed by atoms with van der Waals surface area (Å²) in [6, 6.07) is 7.80. The lowest BCUT2D eigenvalue weighted by molar-refractivity contribution is -0.130. The van der Waals surface area contributed by atoms with E-state index in [2.05, 4.69) is 9.97 Å². The Balaban J connectivity index is 1.81. The van der Waals surface area contributed by atoms with Crippen molar-refractivity contribution in [1.82, 2.24) is 14.9 Å². The first-order valence-electron chi connectivity index (χ1n) is 8.36. The molecule has 134 valence electrons. The molecule has 0 spiro atoms. The van der Waals surface area contributed by atoms with Gasteiger partial charge in [-0.05, 0) is 44.9 Å². The van der Waals surface area contributed by atoms with Crippen LogP contribution in [0.25, 0.3) is 0 Å². The molecular weight excluding hydrogens is 318 g/mol. The van der Waals surface area contributed by atoms with Gasteiger partial charge < -0.3 is 14.6 Å². The van der Waals surface area contributed by atoms with Crippen LogP contribution in [0.2, 0.25) is 0 Å². The van der Waals surface area contributed by atoms with Crippen molar-refractivity contribution in [2.24, 2.45) is 0 Å². The highest BCUT2D eigenvalue weighted by Gasteiger charge is 2.13. The van der Waals surface area contributed by atoms with Crippen LogP contribution in [0.15, 0.2) is 29.1 Å². The quantitative estimate of drug-likeness (QED) is 0.836. The van der Waals surface area contributed by atoms with Crippen molar-refractivity contribution in [3.05, 3.63) is 57.3 Å². The Labute approximate surface area is 147 Å². The third-order valence-corrected chi connectivity index (χ3v) is 4.04. The summed E-state index contributed by atoms with van der Waals surface area (Å²) < 4.78 is 5.66. The molecule has 1 N–H and O–H groups in total. The molecule has 1 aromatic heterocycles. The molecule has 0 unspecified atom stereocenters. The normalized spacial score (nSPS) is 10.6. The second-order valence-corrected chi connectivity index (χ2v) is 6.20. The van der Waals surface area contributed by atoms with Gasteiger partial charge >= 0.3 is 0 Å². The van der Waals surface area contributed by atoms with E-state index in [-0.39, 0.29) is 17.9 Å². The molecule has 0 saturated carbocycles. The summed E-state index contributed by atoms with van der Waals surface area (Å²) in [7, 11) is 1.74. The van der Waals surface area contributed by atoms with E-state index in [1.165, 1.54) is 0 Å². The monoisotopic (exact) mass is 343 g/mol. The lowest BCUT2D eigenvalue weighted by Crippen LogP contribution is -2.31. The lowest BCUT2D eigenvalue weighted by atomic mass is 10.1. The van der Waals surface area contributed by atoms with E-state index in [1.54, 1.807) is 25.8 Å². The van der Waals surface area contributed by atoms with Crippen molar-refractivity contribution in [3.8, 4) is 5.75 Å². The van der Waals surface area contributed by atoms with E-state index in [0.29, 0.717) is 36.7 Å². The number of aromatic nitrogens is 2. The summed E-state index contributed by atoms with van der Waals surface area (Å²) in [6.45, 7) is 6.46. The van der Waals surface area contributed by atoms with E-state index >= 15 is 0 Å². The Bertz CT molecular complexity index is 799. The molecule has 1 amide bonds. The number of nitrogens with zero attached hydrogens (tertiary/aromatic N) is 2. The number of ether oxygens (including phenoxy) is 1. The number of carbonyl (C=O) groups is 1. The van der Waals surface area contributed by atoms with Gasteiger partial charge in [0.05, 0.1) is 6.54 Å². The van der Waals surface area contributed by atoms with Crippen LogP contribution in [0.1, 0.15) is 29.1 Å². The van der Waals surface area contributed by atoms with Crippen molar-refractivity contribution >= 4 is 5.91 Å². The minimum atomic E-state index is -0.164. The van der Waals surface area contributed by atoms with Crippen LogP contribution in [0.5, 0.6) is 5.75 Å². The zero-order valence-corrected chi connectivity index (χ0v) is 15.3. The first kappa shape index (κ1) is 18.7. The maximum Gasteiger partial charge on any atom is 0.254 e. The Hall–Kier alpha value is -2.63. The van der Waals surface area contributed by atoms with Gasteiger partial charge in [0.25, 0.3) is 5.56 Å². The maximum absolute atomic E-state index is 12.2. The van der Waals surface area contributed by atoms with Crippen LogP contribution in [-0.4, -0.2) is 41.0 Å². The molecule has 6 heteroatoms. The lowest BCUT2D eigenvalue weighted by Gasteiger charge is -2.17. The standard InChI is InChI=1S/C19H25N3O3/c1-13-6-5-7-16(12-13)25-11-10-22(4)18(23)9-8-17-14(2)20-15(3)21-19(17)24/h5-7,12H,8-11H2,1-4H3,(H,20,21,24). The predicted molar refractivity (Wildman–Crippen MR) is 97.0 cm³/mol. The average Bonchev–Trinajstić information content (AvgIpc) is 2.53. The van der Waals surface area contributed by atoms with E-state index in [9.17, 15) is 9.59 Å². The third kappa shape index (κ3) is 5.45. The number of H-pyrrole nitrogens is 1. The van der Waals surface area contributed by atoms with Crippen LogP contribution in [0, 0.1) is 20.8 Å². The van der Waals surface area contributed by atoms with Crippen molar-refractivity contribution in [1.29, 1.82) is 0 Å². The van der Waals surface area contributed by atoms with E-state index < -0.39 is 0 Å². The van der Waals surface area contributed by atoms with Crippen molar-refractivity contribution in [2.45, 2.75) is 33.6 Å². The van der Waals surface area contributed by atoms with Crippen molar-refractivity contribution < 1.29 is 9.53 Å². The van der Waals surface area contributed by atoms with E-state index in [4.69, 9.17) is 4.74 Å². The Morgan fingerprint density at radius 3 is 2.72 bits per heavy atom. The first-order valence-corrected chi connectivity index (χ1v) is 8.36. The largest absolute Gasteiger partial charge is 0.492 e. The molecule has 0 saturated heterocycles. The minimum Gasteiger partial charge on any atom is -0.492 e. The summed E-state index contributed by atoms with van der Waals surface area (Å²) in [5.74, 6) is 1.36. The molecular formula is C19H25N3O3. The van der Waals surface area contributed by atoms with Gasteiger partial charge in [-0.3, -0.25) is 9.59 Å². The van der Waals surface area contributed by atoms with Crippen molar-refractivity contribution in [2.75, 3.05) is 20.2 Å². The van der Waals surface area contributed by atoms with Gasteiger partial charge in [0.1, 0.15) is 18.2 Å². The van der Waals surface area contributed by atoms with Crippen LogP contribution in [-0.2, 0) is 11.2 Å². The summed E-state index contributed by atoms with van der Waals surface area (Å²) in [6.07, 6.45) is 0.659. The number of nitrogens with one attached hydrogen (secondary N) is 1. The molecule has 0 radical (unpaired) electrons. The number of likely N-dealkylation sites (N-methyl/N-ethyl adjacent to an activating group) is 1. The van der Waals surface area contributed by atoms with Gasteiger partial charge in [0.2, 0.25) is 5.91 Å². The van der Waals surface area contributed by atoms with E-state index in [1.807, 2.05) is 31.2 Å². The first-order chi connectivity index (χ1) is 11.9. The Morgan fingerprint density at radius 2 is 2.04 bits per heavy atom. The second-order valence-electron chi connectivity index (χ2n) is 6.20. The van der Waals surface area contributed by atoms with Gasteiger partial charge in [0, 0.05) is 24.7 Å². The molecule has 0 bridgehead atoms. The van der Waals surface area contributed by atoms with Gasteiger partial charge in [-0.15, -0.1) is 0 Å². The number of rotatable bonds is 7. The summed E-state index contributed by atoms with van der Waals surface area (Å²) in [5.41, 5.74) is 2.22. The number of amides is 1. The number of benzene rings is 1. The number of carbonyl (C=O) groups excluding carboxylic acids is 1. The van der Waals surface area contributed by atoms with Crippen LogP contribution in [0.4, 0.5) is 0 Å². The topological polar surface area (TPSA) is 75.3 Å². The van der Waals surface area contributed by atoms with Crippen LogP contribution >= 0.6 is 0 Å². The minimum absolute atomic E-state index is 0.0211. The highest BCUT2D eigenvalue weighted by atomic mass is 16.5. The number of hydrogen-bond acceptors (Lipinski definition) is 4. The fourth-order valence-electron chi connectivity index (χ4n) is 2.60. The van der Waals surface area contributed by atoms with Gasteiger partial charge in [0.15, 0.2) is 0 Å². The highest BCUT2D eigenvalue weighted by molar-refractivity contribution is 5.76. The average molecular weight is 343 g/mol. The summed E-state index contributed by atoms with van der Waals surface area (Å²) in [4.78, 5) is 32.8. The fourth-order valence-corrected chi connectivity index (χ4v) is 2.60. The van der Waals surface area contributed by atoms with Gasteiger partial charge in [-0.1, -0.05) is 12.1 Å². The number of hydrogen-bond donors (Lipinski definition) is 1. The molecule has 25 heavy (non-hydrogen) atoms. The van der Waals surface area contributed by atoms with Gasteiger partial charge in [-0.2, -0.15) is 0 Å². The SMILES string of the molecule is Cc1cccc(OCCN(C)C(=O)CCc2c(C)nc(C)[nH]c2=O)c1. The molecule has 0 aliphatic carbocycles. The number of aryl methyl sites for hydroxylation is 3. The zero-order chi connectivity index (χ0) is 18.4. The Kier molecular flexibility index (Phi) is 6.33. The van der Waals surface area contributed by atoms with Gasteiger partial charge in [-0.25, -0.2) is 4.98 Å². The zero-order valence-electron chi connectivity index (χ0n) is 15.3. The van der Waals surface area contributed by atoms with Crippen LogP contribution < -0.4 is 10.3 Å². The molecule has 0 atom stereocenters. The highest BCUT2D eigenvalue weighted by Crippen LogP contribution is 2.12. The molecule has 0 aliphatic heterocycles. The second kappa shape index (κ2) is 8.46. The molecule has 2 rings (SSSR count). The number of aromatic amines is 1. The molecule has 0 fully saturated rings. The molecule has 6 nitrogen and oxygen atoms in total.